The number of amides is 1. The third-order valence-corrected chi connectivity index (χ3v) is 3.79. The van der Waals surface area contributed by atoms with Crippen molar-refractivity contribution in [2.24, 2.45) is 11.7 Å². The van der Waals surface area contributed by atoms with Crippen LogP contribution in [0.1, 0.15) is 41.6 Å². The molecule has 1 aliphatic rings. The number of hydrogen-bond donors (Lipinski definition) is 2. The van der Waals surface area contributed by atoms with Crippen LogP contribution in [-0.4, -0.2) is 23.5 Å². The molecule has 98 valence electrons. The average molecular weight is 247 g/mol. The van der Waals surface area contributed by atoms with Gasteiger partial charge in [0.05, 0.1) is 0 Å². The van der Waals surface area contributed by atoms with Crippen LogP contribution in [0, 0.1) is 12.8 Å². The van der Waals surface area contributed by atoms with Gasteiger partial charge in [-0.05, 0) is 43.9 Å². The lowest BCUT2D eigenvalue weighted by Gasteiger charge is -2.31. The molecule has 2 unspecified atom stereocenters. The van der Waals surface area contributed by atoms with Crippen molar-refractivity contribution < 1.29 is 4.79 Å². The first kappa shape index (κ1) is 13.0. The molecular formula is C14H21N3O. The van der Waals surface area contributed by atoms with Gasteiger partial charge >= 0.3 is 0 Å². The van der Waals surface area contributed by atoms with Crippen LogP contribution in [0.25, 0.3) is 0 Å². The number of nitrogens with zero attached hydrogens (tertiary/aromatic N) is 1. The second-order valence-electron chi connectivity index (χ2n) is 5.05. The molecular weight excluding hydrogens is 226 g/mol. The highest BCUT2D eigenvalue weighted by molar-refractivity contribution is 5.95. The van der Waals surface area contributed by atoms with Gasteiger partial charge < -0.3 is 11.1 Å². The lowest BCUT2D eigenvalue weighted by molar-refractivity contribution is 0.0907. The van der Waals surface area contributed by atoms with E-state index in [9.17, 15) is 4.79 Å². The molecule has 1 fully saturated rings. The van der Waals surface area contributed by atoms with Gasteiger partial charge in [-0.3, -0.25) is 9.78 Å². The molecule has 1 amide bonds. The first-order chi connectivity index (χ1) is 8.72. The summed E-state index contributed by atoms with van der Waals surface area (Å²) in [5.41, 5.74) is 7.40. The van der Waals surface area contributed by atoms with Crippen LogP contribution < -0.4 is 11.1 Å². The summed E-state index contributed by atoms with van der Waals surface area (Å²) in [7, 11) is 0. The number of hydrogen-bond acceptors (Lipinski definition) is 3. The fourth-order valence-electron chi connectivity index (χ4n) is 2.65. The summed E-state index contributed by atoms with van der Waals surface area (Å²) in [5, 5.41) is 3.13. The molecule has 1 aromatic heterocycles. The molecule has 1 aliphatic carbocycles. The maximum absolute atomic E-state index is 12.2. The topological polar surface area (TPSA) is 68.0 Å². The monoisotopic (exact) mass is 247 g/mol. The summed E-state index contributed by atoms with van der Waals surface area (Å²) < 4.78 is 0. The number of carbonyl (C=O) groups excluding carboxylic acids is 1. The third-order valence-electron chi connectivity index (χ3n) is 3.79. The quantitative estimate of drug-likeness (QED) is 0.853. The predicted octanol–water partition coefficient (Wildman–Crippen LogP) is 1.64. The SMILES string of the molecule is Cc1cnccc1C(=O)NC1CCCCC1CN. The zero-order valence-electron chi connectivity index (χ0n) is 10.9. The van der Waals surface area contributed by atoms with Gasteiger partial charge in [-0.25, -0.2) is 0 Å². The summed E-state index contributed by atoms with van der Waals surface area (Å²) in [6.07, 6.45) is 7.94. The van der Waals surface area contributed by atoms with Crippen molar-refractivity contribution in [3.63, 3.8) is 0 Å². The van der Waals surface area contributed by atoms with Crippen LogP contribution in [0.4, 0.5) is 0 Å². The van der Waals surface area contributed by atoms with E-state index in [1.807, 2.05) is 6.92 Å². The van der Waals surface area contributed by atoms with E-state index in [-0.39, 0.29) is 11.9 Å². The van der Waals surface area contributed by atoms with Crippen molar-refractivity contribution >= 4 is 5.91 Å². The fourth-order valence-corrected chi connectivity index (χ4v) is 2.65. The first-order valence-corrected chi connectivity index (χ1v) is 6.64. The second-order valence-corrected chi connectivity index (χ2v) is 5.05. The summed E-state index contributed by atoms with van der Waals surface area (Å²) >= 11 is 0. The molecule has 2 rings (SSSR count). The lowest BCUT2D eigenvalue weighted by Crippen LogP contribution is -2.44. The molecule has 0 aliphatic heterocycles. The number of aryl methyl sites for hydroxylation is 1. The van der Waals surface area contributed by atoms with Crippen LogP contribution in [-0.2, 0) is 0 Å². The standard InChI is InChI=1S/C14H21N3O/c1-10-9-16-7-6-12(10)14(18)17-13-5-3-2-4-11(13)8-15/h6-7,9,11,13H,2-5,8,15H2,1H3,(H,17,18). The molecule has 4 nitrogen and oxygen atoms in total. The van der Waals surface area contributed by atoms with Crippen molar-refractivity contribution in [1.82, 2.24) is 10.3 Å². The number of pyridine rings is 1. The maximum Gasteiger partial charge on any atom is 0.251 e. The summed E-state index contributed by atoms with van der Waals surface area (Å²) in [6.45, 7) is 2.56. The van der Waals surface area contributed by atoms with E-state index in [4.69, 9.17) is 5.73 Å². The predicted molar refractivity (Wildman–Crippen MR) is 71.2 cm³/mol. The molecule has 0 radical (unpaired) electrons. The number of aromatic nitrogens is 1. The molecule has 2 atom stereocenters. The second kappa shape index (κ2) is 5.96. The van der Waals surface area contributed by atoms with Gasteiger partial charge in [0, 0.05) is 24.0 Å². The van der Waals surface area contributed by atoms with Crippen LogP contribution in [0.5, 0.6) is 0 Å². The molecule has 4 heteroatoms. The minimum atomic E-state index is 0.000231. The van der Waals surface area contributed by atoms with E-state index in [2.05, 4.69) is 10.3 Å². The summed E-state index contributed by atoms with van der Waals surface area (Å²) in [5.74, 6) is 0.421. The highest BCUT2D eigenvalue weighted by Gasteiger charge is 2.25. The lowest BCUT2D eigenvalue weighted by atomic mass is 9.84. The highest BCUT2D eigenvalue weighted by atomic mass is 16.1. The van der Waals surface area contributed by atoms with Crippen molar-refractivity contribution in [2.45, 2.75) is 38.6 Å². The Kier molecular flexibility index (Phi) is 4.31. The van der Waals surface area contributed by atoms with Gasteiger partial charge in [0.25, 0.3) is 5.91 Å². The number of nitrogens with one attached hydrogen (secondary N) is 1. The van der Waals surface area contributed by atoms with Gasteiger partial charge in [-0.15, -0.1) is 0 Å². The molecule has 1 saturated carbocycles. The Morgan fingerprint density at radius 3 is 3.00 bits per heavy atom. The van der Waals surface area contributed by atoms with Gasteiger partial charge in [0.15, 0.2) is 0 Å². The van der Waals surface area contributed by atoms with Crippen molar-refractivity contribution in [3.8, 4) is 0 Å². The Labute approximate surface area is 108 Å². The van der Waals surface area contributed by atoms with Crippen LogP contribution in [0.15, 0.2) is 18.5 Å². The van der Waals surface area contributed by atoms with Crippen LogP contribution >= 0.6 is 0 Å². The molecule has 0 aromatic carbocycles. The number of carbonyl (C=O) groups is 1. The van der Waals surface area contributed by atoms with E-state index in [0.717, 1.165) is 18.4 Å². The fraction of sp³-hybridized carbons (Fsp3) is 0.571. The Morgan fingerprint density at radius 1 is 1.50 bits per heavy atom. The maximum atomic E-state index is 12.2. The normalized spacial score (nSPS) is 23.7. The van der Waals surface area contributed by atoms with Crippen molar-refractivity contribution in [3.05, 3.63) is 29.6 Å². The van der Waals surface area contributed by atoms with Crippen molar-refractivity contribution in [1.29, 1.82) is 0 Å². The number of rotatable bonds is 3. The summed E-state index contributed by atoms with van der Waals surface area (Å²) in [4.78, 5) is 16.2. The minimum Gasteiger partial charge on any atom is -0.349 e. The van der Waals surface area contributed by atoms with Gasteiger partial charge in [-0.2, -0.15) is 0 Å². The van der Waals surface area contributed by atoms with Gasteiger partial charge in [0.1, 0.15) is 0 Å². The first-order valence-electron chi connectivity index (χ1n) is 6.64. The average Bonchev–Trinajstić information content (AvgIpc) is 2.39. The Bertz CT molecular complexity index is 419. The molecule has 0 spiro atoms. The summed E-state index contributed by atoms with van der Waals surface area (Å²) in [6, 6.07) is 1.99. The van der Waals surface area contributed by atoms with Gasteiger partial charge in [0.2, 0.25) is 0 Å². The van der Waals surface area contributed by atoms with E-state index < -0.39 is 0 Å². The van der Waals surface area contributed by atoms with E-state index >= 15 is 0 Å². The minimum absolute atomic E-state index is 0.000231. The Hall–Kier alpha value is -1.42. The smallest absolute Gasteiger partial charge is 0.251 e. The largest absolute Gasteiger partial charge is 0.349 e. The van der Waals surface area contributed by atoms with Crippen molar-refractivity contribution in [2.75, 3.05) is 6.54 Å². The van der Waals surface area contributed by atoms with E-state index in [1.54, 1.807) is 18.5 Å². The van der Waals surface area contributed by atoms with E-state index in [1.165, 1.54) is 12.8 Å². The van der Waals surface area contributed by atoms with Crippen LogP contribution in [0.3, 0.4) is 0 Å². The third kappa shape index (κ3) is 2.88. The molecule has 1 aromatic rings. The van der Waals surface area contributed by atoms with Crippen LogP contribution in [0.2, 0.25) is 0 Å². The highest BCUT2D eigenvalue weighted by Crippen LogP contribution is 2.23. The molecule has 0 saturated heterocycles. The zero-order chi connectivity index (χ0) is 13.0. The number of nitrogens with two attached hydrogens (primary N) is 1. The molecule has 0 bridgehead atoms. The molecule has 1 heterocycles. The Balaban J connectivity index is 2.04. The van der Waals surface area contributed by atoms with Gasteiger partial charge in [-0.1, -0.05) is 12.8 Å². The zero-order valence-corrected chi connectivity index (χ0v) is 10.9. The van der Waals surface area contributed by atoms with E-state index in [0.29, 0.717) is 18.0 Å². The Morgan fingerprint density at radius 2 is 2.28 bits per heavy atom. The molecule has 18 heavy (non-hydrogen) atoms. The molecule has 3 N–H and O–H groups in total.